The first-order valence-electron chi connectivity index (χ1n) is 20.5. The second-order valence-corrected chi connectivity index (χ2v) is 16.5. The highest BCUT2D eigenvalue weighted by Crippen LogP contribution is 2.52. The highest BCUT2D eigenvalue weighted by atomic mass is 14.9. The van der Waals surface area contributed by atoms with Gasteiger partial charge in [0.25, 0.3) is 0 Å². The minimum absolute atomic E-state index is 0.0965. The van der Waals surface area contributed by atoms with Gasteiger partial charge in [-0.3, -0.25) is 0 Å². The summed E-state index contributed by atoms with van der Waals surface area (Å²) in [5.41, 5.74) is 12.7. The molecular weight excluding hydrogens is 713 g/mol. The fraction of sp³-hybridized carbons (Fsp3) is 0.0526. The van der Waals surface area contributed by atoms with E-state index in [-0.39, 0.29) is 5.41 Å². The van der Waals surface area contributed by atoms with Gasteiger partial charge in [-0.05, 0) is 112 Å². The number of benzene rings is 10. The first kappa shape index (κ1) is 33.7. The van der Waals surface area contributed by atoms with E-state index in [4.69, 9.17) is 9.97 Å². The maximum Gasteiger partial charge on any atom is 0.161 e. The highest BCUT2D eigenvalue weighted by Gasteiger charge is 2.37. The van der Waals surface area contributed by atoms with Gasteiger partial charge >= 0.3 is 0 Å². The molecule has 0 saturated heterocycles. The second kappa shape index (κ2) is 12.8. The molecule has 0 spiro atoms. The van der Waals surface area contributed by atoms with Gasteiger partial charge in [-0.15, -0.1) is 0 Å². The molecule has 2 nitrogen and oxygen atoms in total. The normalized spacial score (nSPS) is 13.1. The summed E-state index contributed by atoms with van der Waals surface area (Å²) in [5.74, 6) is 0.712. The van der Waals surface area contributed by atoms with Crippen LogP contribution in [0.15, 0.2) is 194 Å². The van der Waals surface area contributed by atoms with Crippen LogP contribution in [0.4, 0.5) is 0 Å². The standard InChI is InChI=1S/C57H38N2/c1-57(2)52-31-26-37(32-51(52)48-28-24-35-14-6-7-17-40(35)55(48)57)39-29-30-49(45-22-12-8-18-41(39)45)56-58-53(36-15-4-3-5-16-36)34-54(59-56)38-25-27-47-44-21-10-9-19-42(44)43-20-11-13-23-46(43)50(47)33-38/h3-34H,1-2H3. The molecule has 0 amide bonds. The molecule has 0 radical (unpaired) electrons. The van der Waals surface area contributed by atoms with E-state index < -0.39 is 0 Å². The van der Waals surface area contributed by atoms with Crippen LogP contribution >= 0.6 is 0 Å². The predicted octanol–water partition coefficient (Wildman–Crippen LogP) is 15.2. The summed E-state index contributed by atoms with van der Waals surface area (Å²) < 4.78 is 0. The van der Waals surface area contributed by atoms with Crippen LogP contribution in [0.1, 0.15) is 25.0 Å². The number of fused-ring (bicyclic) bond motifs is 12. The van der Waals surface area contributed by atoms with E-state index in [0.29, 0.717) is 5.82 Å². The van der Waals surface area contributed by atoms with E-state index in [0.717, 1.165) is 33.5 Å². The van der Waals surface area contributed by atoms with Crippen LogP contribution in [0.25, 0.3) is 110 Å². The Morgan fingerprint density at radius 2 is 0.847 bits per heavy atom. The van der Waals surface area contributed by atoms with Gasteiger partial charge in [0.05, 0.1) is 11.4 Å². The molecule has 0 atom stereocenters. The molecule has 1 heterocycles. The van der Waals surface area contributed by atoms with Crippen molar-refractivity contribution >= 4 is 53.9 Å². The van der Waals surface area contributed by atoms with Crippen molar-refractivity contribution in [3.8, 4) is 56.2 Å². The quantitative estimate of drug-likeness (QED) is 0.167. The van der Waals surface area contributed by atoms with Crippen molar-refractivity contribution in [3.05, 3.63) is 205 Å². The Bertz CT molecular complexity index is 3490. The van der Waals surface area contributed by atoms with Crippen LogP contribution in [-0.4, -0.2) is 9.97 Å². The SMILES string of the molecule is CC1(C)c2ccc(-c3ccc(-c4nc(-c5ccccc5)cc(-c5ccc6c7ccccc7c7ccccc7c6c5)n4)c4ccccc34)cc2-c2ccc3ccccc3c21. The Kier molecular flexibility index (Phi) is 7.31. The van der Waals surface area contributed by atoms with Crippen LogP contribution in [0, 0.1) is 0 Å². The van der Waals surface area contributed by atoms with Gasteiger partial charge in [-0.2, -0.15) is 0 Å². The third-order valence-corrected chi connectivity index (χ3v) is 12.8. The molecule has 11 aromatic rings. The average molecular weight is 751 g/mol. The lowest BCUT2D eigenvalue weighted by molar-refractivity contribution is 0.666. The van der Waals surface area contributed by atoms with Crippen LogP contribution in [0.3, 0.4) is 0 Å². The number of hydrogen-bond donors (Lipinski definition) is 0. The summed E-state index contributed by atoms with van der Waals surface area (Å²) >= 11 is 0. The molecule has 1 aliphatic rings. The van der Waals surface area contributed by atoms with E-state index in [1.54, 1.807) is 0 Å². The summed E-state index contributed by atoms with van der Waals surface area (Å²) in [7, 11) is 0. The van der Waals surface area contributed by atoms with Crippen molar-refractivity contribution < 1.29 is 0 Å². The van der Waals surface area contributed by atoms with E-state index in [1.165, 1.54) is 81.9 Å². The van der Waals surface area contributed by atoms with Crippen LogP contribution < -0.4 is 0 Å². The lowest BCUT2D eigenvalue weighted by Crippen LogP contribution is -2.15. The molecule has 0 aliphatic heterocycles. The van der Waals surface area contributed by atoms with Crippen LogP contribution in [0.2, 0.25) is 0 Å². The van der Waals surface area contributed by atoms with Crippen molar-refractivity contribution in [2.75, 3.05) is 0 Å². The van der Waals surface area contributed by atoms with E-state index in [2.05, 4.69) is 208 Å². The Morgan fingerprint density at radius 1 is 0.322 bits per heavy atom. The monoisotopic (exact) mass is 750 g/mol. The number of hydrogen-bond acceptors (Lipinski definition) is 2. The largest absolute Gasteiger partial charge is 0.228 e. The number of rotatable bonds is 4. The molecule has 0 bridgehead atoms. The van der Waals surface area contributed by atoms with Crippen molar-refractivity contribution in [1.82, 2.24) is 9.97 Å². The molecule has 12 rings (SSSR count). The topological polar surface area (TPSA) is 25.8 Å². The Morgan fingerprint density at radius 3 is 1.56 bits per heavy atom. The zero-order chi connectivity index (χ0) is 39.2. The number of nitrogens with zero attached hydrogens (tertiary/aromatic N) is 2. The van der Waals surface area contributed by atoms with Gasteiger partial charge in [-0.25, -0.2) is 9.97 Å². The van der Waals surface area contributed by atoms with Gasteiger partial charge in [0.1, 0.15) is 0 Å². The zero-order valence-electron chi connectivity index (χ0n) is 32.9. The molecule has 276 valence electrons. The Hall–Kier alpha value is -7.42. The lowest BCUT2D eigenvalue weighted by Gasteiger charge is -2.23. The summed E-state index contributed by atoms with van der Waals surface area (Å²) in [6.07, 6.45) is 0. The summed E-state index contributed by atoms with van der Waals surface area (Å²) in [6, 6.07) is 70.6. The van der Waals surface area contributed by atoms with E-state index in [9.17, 15) is 0 Å². The van der Waals surface area contributed by atoms with Gasteiger partial charge in [0, 0.05) is 22.1 Å². The van der Waals surface area contributed by atoms with E-state index >= 15 is 0 Å². The minimum Gasteiger partial charge on any atom is -0.228 e. The molecule has 10 aromatic carbocycles. The maximum atomic E-state index is 5.40. The van der Waals surface area contributed by atoms with Crippen molar-refractivity contribution in [2.45, 2.75) is 19.3 Å². The average Bonchev–Trinajstić information content (AvgIpc) is 3.54. The molecule has 2 heteroatoms. The smallest absolute Gasteiger partial charge is 0.161 e. The second-order valence-electron chi connectivity index (χ2n) is 16.5. The van der Waals surface area contributed by atoms with Crippen molar-refractivity contribution in [2.24, 2.45) is 0 Å². The molecule has 0 saturated carbocycles. The molecule has 59 heavy (non-hydrogen) atoms. The van der Waals surface area contributed by atoms with Crippen molar-refractivity contribution in [1.29, 1.82) is 0 Å². The fourth-order valence-corrected chi connectivity index (χ4v) is 10.1. The Balaban J connectivity index is 1.04. The zero-order valence-corrected chi connectivity index (χ0v) is 32.9. The Labute approximate surface area is 343 Å². The maximum absolute atomic E-state index is 5.40. The van der Waals surface area contributed by atoms with Gasteiger partial charge < -0.3 is 0 Å². The summed E-state index contributed by atoms with van der Waals surface area (Å²) in [6.45, 7) is 4.74. The fourth-order valence-electron chi connectivity index (χ4n) is 10.1. The van der Waals surface area contributed by atoms with Gasteiger partial charge in [0.2, 0.25) is 0 Å². The van der Waals surface area contributed by atoms with Crippen molar-refractivity contribution in [3.63, 3.8) is 0 Å². The molecule has 0 N–H and O–H groups in total. The highest BCUT2D eigenvalue weighted by molar-refractivity contribution is 6.25. The van der Waals surface area contributed by atoms with Crippen LogP contribution in [-0.2, 0) is 5.41 Å². The molecule has 1 aromatic heterocycles. The summed E-state index contributed by atoms with van der Waals surface area (Å²) in [5, 5.41) is 12.4. The minimum atomic E-state index is -0.0965. The summed E-state index contributed by atoms with van der Waals surface area (Å²) in [4.78, 5) is 10.7. The molecule has 0 unspecified atom stereocenters. The van der Waals surface area contributed by atoms with Crippen LogP contribution in [0.5, 0.6) is 0 Å². The third-order valence-electron chi connectivity index (χ3n) is 12.8. The number of aromatic nitrogens is 2. The molecule has 1 aliphatic carbocycles. The first-order chi connectivity index (χ1) is 29.0. The van der Waals surface area contributed by atoms with Gasteiger partial charge in [-0.1, -0.05) is 184 Å². The lowest BCUT2D eigenvalue weighted by atomic mass is 9.80. The molecular formula is C57H38N2. The first-order valence-corrected chi connectivity index (χ1v) is 20.5. The third kappa shape index (κ3) is 5.13. The molecule has 0 fully saturated rings. The van der Waals surface area contributed by atoms with E-state index in [1.807, 2.05) is 0 Å². The van der Waals surface area contributed by atoms with Gasteiger partial charge in [0.15, 0.2) is 5.82 Å². The predicted molar refractivity (Wildman–Crippen MR) is 249 cm³/mol.